The molecule has 0 radical (unpaired) electrons. The molecule has 2 heterocycles. The Balaban J connectivity index is 1.67. The predicted molar refractivity (Wildman–Crippen MR) is 110 cm³/mol. The van der Waals surface area contributed by atoms with Gasteiger partial charge >= 0.3 is 0 Å². The van der Waals surface area contributed by atoms with Crippen molar-refractivity contribution in [3.05, 3.63) is 88.9 Å². The third-order valence-corrected chi connectivity index (χ3v) is 5.67. The maximum Gasteiger partial charge on any atom is 0.166 e. The molecule has 1 atom stereocenters. The van der Waals surface area contributed by atoms with Gasteiger partial charge in [-0.3, -0.25) is 4.79 Å². The van der Waals surface area contributed by atoms with E-state index < -0.39 is 0 Å². The van der Waals surface area contributed by atoms with Crippen molar-refractivity contribution in [3.63, 3.8) is 0 Å². The third-order valence-electron chi connectivity index (χ3n) is 5.67. The summed E-state index contributed by atoms with van der Waals surface area (Å²) in [5.74, 6) is 0.326. The van der Waals surface area contributed by atoms with Gasteiger partial charge in [0.05, 0.1) is 17.0 Å². The highest BCUT2D eigenvalue weighted by molar-refractivity contribution is 5.99. The van der Waals surface area contributed by atoms with Crippen molar-refractivity contribution in [2.45, 2.75) is 32.6 Å². The van der Waals surface area contributed by atoms with Crippen LogP contribution in [0.2, 0.25) is 0 Å². The number of benzene rings is 2. The zero-order valence-electron chi connectivity index (χ0n) is 16.0. The number of aryl methyl sites for hydroxylation is 2. The molecule has 138 valence electrons. The fraction of sp³-hybridized carbons (Fsp3) is 0.208. The van der Waals surface area contributed by atoms with Crippen molar-refractivity contribution in [1.82, 2.24) is 14.6 Å². The molecule has 1 aliphatic carbocycles. The molecule has 0 fully saturated rings. The molecule has 0 amide bonds. The van der Waals surface area contributed by atoms with Crippen LogP contribution in [0.5, 0.6) is 0 Å². The van der Waals surface area contributed by atoms with Gasteiger partial charge in [-0.1, -0.05) is 60.2 Å². The number of hydrogen-bond acceptors (Lipinski definition) is 3. The van der Waals surface area contributed by atoms with E-state index in [9.17, 15) is 4.79 Å². The van der Waals surface area contributed by atoms with Crippen molar-refractivity contribution in [2.75, 3.05) is 0 Å². The van der Waals surface area contributed by atoms with Crippen LogP contribution in [-0.4, -0.2) is 20.4 Å². The van der Waals surface area contributed by atoms with Gasteiger partial charge in [-0.25, -0.2) is 9.50 Å². The lowest BCUT2D eigenvalue weighted by molar-refractivity contribution is 0.0962. The van der Waals surface area contributed by atoms with Crippen molar-refractivity contribution in [1.29, 1.82) is 0 Å². The van der Waals surface area contributed by atoms with Crippen LogP contribution in [0.15, 0.2) is 60.8 Å². The number of carbonyl (C=O) groups is 1. The Bertz CT molecular complexity index is 1210. The summed E-state index contributed by atoms with van der Waals surface area (Å²) in [5, 5.41) is 4.78. The maximum absolute atomic E-state index is 12.9. The molecule has 4 heteroatoms. The number of rotatable bonds is 2. The highest BCUT2D eigenvalue weighted by atomic mass is 16.1. The number of hydrogen-bond donors (Lipinski definition) is 0. The molecule has 2 aromatic carbocycles. The average Bonchev–Trinajstić information content (AvgIpc) is 3.05. The fourth-order valence-corrected chi connectivity index (χ4v) is 4.31. The summed E-state index contributed by atoms with van der Waals surface area (Å²) in [4.78, 5) is 17.5. The van der Waals surface area contributed by atoms with E-state index in [1.807, 2.05) is 29.6 Å². The monoisotopic (exact) mass is 367 g/mol. The van der Waals surface area contributed by atoms with Gasteiger partial charge in [-0.15, -0.1) is 0 Å². The largest absolute Gasteiger partial charge is 0.294 e. The Morgan fingerprint density at radius 3 is 2.61 bits per heavy atom. The summed E-state index contributed by atoms with van der Waals surface area (Å²) in [6, 6.07) is 18.7. The zero-order valence-corrected chi connectivity index (χ0v) is 16.0. The topological polar surface area (TPSA) is 47.3 Å². The van der Waals surface area contributed by atoms with Crippen LogP contribution in [0, 0.1) is 13.8 Å². The predicted octanol–water partition coefficient (Wildman–Crippen LogP) is 4.93. The summed E-state index contributed by atoms with van der Waals surface area (Å²) < 4.78 is 1.90. The van der Waals surface area contributed by atoms with Crippen LogP contribution < -0.4 is 0 Å². The molecule has 4 aromatic rings. The van der Waals surface area contributed by atoms with Gasteiger partial charge in [0.25, 0.3) is 0 Å². The minimum Gasteiger partial charge on any atom is -0.294 e. The molecule has 5 rings (SSSR count). The number of carbonyl (C=O) groups excluding carboxylic acids is 1. The molecule has 0 unspecified atom stereocenters. The Morgan fingerprint density at radius 2 is 1.82 bits per heavy atom. The standard InChI is InChI=1S/C24H21N3O/c1-15-7-6-10-18(11-15)19-12-21-20(22(28)13-19)14-25-24-23(16(2)26-27(21)24)17-8-4-3-5-9-17/h3-11,14,19H,12-13H2,1-2H3/t19-/m0/s1. The normalized spacial score (nSPS) is 16.4. The van der Waals surface area contributed by atoms with E-state index in [-0.39, 0.29) is 11.7 Å². The van der Waals surface area contributed by atoms with Crippen molar-refractivity contribution in [2.24, 2.45) is 0 Å². The average molecular weight is 367 g/mol. The smallest absolute Gasteiger partial charge is 0.166 e. The molecular formula is C24H21N3O. The lowest BCUT2D eigenvalue weighted by Crippen LogP contribution is -2.22. The van der Waals surface area contributed by atoms with Crippen LogP contribution >= 0.6 is 0 Å². The Morgan fingerprint density at radius 1 is 1.00 bits per heavy atom. The number of fused-ring (bicyclic) bond motifs is 3. The number of ketones is 1. The zero-order chi connectivity index (χ0) is 19.3. The minimum atomic E-state index is 0.150. The van der Waals surface area contributed by atoms with Crippen LogP contribution in [0.1, 0.15) is 45.2 Å². The molecule has 0 bridgehead atoms. The first kappa shape index (κ1) is 16.9. The van der Waals surface area contributed by atoms with Gasteiger partial charge < -0.3 is 0 Å². The summed E-state index contributed by atoms with van der Waals surface area (Å²) in [6.07, 6.45) is 3.06. The van der Waals surface area contributed by atoms with Gasteiger partial charge in [0, 0.05) is 18.2 Å². The molecule has 2 aromatic heterocycles. The molecular weight excluding hydrogens is 346 g/mol. The first-order chi connectivity index (χ1) is 13.6. The summed E-state index contributed by atoms with van der Waals surface area (Å²) in [6.45, 7) is 4.10. The van der Waals surface area contributed by atoms with Gasteiger partial charge in [0.2, 0.25) is 0 Å². The Hall–Kier alpha value is -3.27. The van der Waals surface area contributed by atoms with E-state index in [4.69, 9.17) is 5.10 Å². The highest BCUT2D eigenvalue weighted by Gasteiger charge is 2.30. The Kier molecular flexibility index (Phi) is 3.86. The van der Waals surface area contributed by atoms with Crippen molar-refractivity contribution >= 4 is 11.4 Å². The van der Waals surface area contributed by atoms with E-state index >= 15 is 0 Å². The van der Waals surface area contributed by atoms with Gasteiger partial charge in [-0.05, 0) is 37.3 Å². The molecule has 0 N–H and O–H groups in total. The van der Waals surface area contributed by atoms with E-state index in [0.717, 1.165) is 34.6 Å². The van der Waals surface area contributed by atoms with E-state index in [1.54, 1.807) is 6.20 Å². The molecule has 0 saturated carbocycles. The maximum atomic E-state index is 12.9. The van der Waals surface area contributed by atoms with E-state index in [2.05, 4.69) is 48.3 Å². The van der Waals surface area contributed by atoms with Gasteiger partial charge in [0.15, 0.2) is 11.4 Å². The number of nitrogens with zero attached hydrogens (tertiary/aromatic N) is 3. The van der Waals surface area contributed by atoms with Gasteiger partial charge in [0.1, 0.15) is 0 Å². The molecule has 1 aliphatic rings. The van der Waals surface area contributed by atoms with Crippen LogP contribution in [-0.2, 0) is 6.42 Å². The summed E-state index contributed by atoms with van der Waals surface area (Å²) in [5.41, 5.74) is 8.00. The van der Waals surface area contributed by atoms with Crippen LogP contribution in [0.3, 0.4) is 0 Å². The molecule has 28 heavy (non-hydrogen) atoms. The first-order valence-electron chi connectivity index (χ1n) is 9.64. The Labute approximate surface area is 163 Å². The van der Waals surface area contributed by atoms with Crippen LogP contribution in [0.25, 0.3) is 16.8 Å². The van der Waals surface area contributed by atoms with E-state index in [0.29, 0.717) is 12.0 Å². The van der Waals surface area contributed by atoms with Crippen LogP contribution in [0.4, 0.5) is 0 Å². The SMILES string of the molecule is Cc1cccc([C@@H]2CC(=O)c3cnc4c(-c5ccccc5)c(C)nn4c3C2)c1. The van der Waals surface area contributed by atoms with Crippen molar-refractivity contribution < 1.29 is 4.79 Å². The lowest BCUT2D eigenvalue weighted by atomic mass is 9.82. The van der Waals surface area contributed by atoms with E-state index in [1.165, 1.54) is 11.1 Å². The number of Topliss-reactive ketones (excluding diaryl/α,β-unsaturated/α-hetero) is 1. The minimum absolute atomic E-state index is 0.150. The summed E-state index contributed by atoms with van der Waals surface area (Å²) in [7, 11) is 0. The molecule has 0 saturated heterocycles. The third kappa shape index (κ3) is 2.64. The highest BCUT2D eigenvalue weighted by Crippen LogP contribution is 2.35. The quantitative estimate of drug-likeness (QED) is 0.505. The molecule has 0 aliphatic heterocycles. The second-order valence-corrected chi connectivity index (χ2v) is 7.62. The second kappa shape index (κ2) is 6.41. The number of aromatic nitrogens is 3. The molecule has 0 spiro atoms. The molecule has 4 nitrogen and oxygen atoms in total. The fourth-order valence-electron chi connectivity index (χ4n) is 4.31. The summed E-state index contributed by atoms with van der Waals surface area (Å²) >= 11 is 0. The first-order valence-corrected chi connectivity index (χ1v) is 9.64. The second-order valence-electron chi connectivity index (χ2n) is 7.62. The lowest BCUT2D eigenvalue weighted by Gasteiger charge is -2.24. The van der Waals surface area contributed by atoms with Gasteiger partial charge in [-0.2, -0.15) is 5.10 Å². The van der Waals surface area contributed by atoms with Crippen molar-refractivity contribution in [3.8, 4) is 11.1 Å².